The van der Waals surface area contributed by atoms with Crippen LogP contribution in [0.4, 0.5) is 4.39 Å². The van der Waals surface area contributed by atoms with Crippen molar-refractivity contribution in [3.63, 3.8) is 0 Å². The van der Waals surface area contributed by atoms with Crippen molar-refractivity contribution >= 4 is 11.8 Å². The number of likely N-dealkylation sites (tertiary alicyclic amines) is 1. The van der Waals surface area contributed by atoms with Gasteiger partial charge in [-0.25, -0.2) is 4.39 Å². The first-order valence-corrected chi connectivity index (χ1v) is 9.22. The molecule has 0 saturated carbocycles. The van der Waals surface area contributed by atoms with Gasteiger partial charge in [-0.05, 0) is 12.5 Å². The van der Waals surface area contributed by atoms with E-state index in [-0.39, 0.29) is 24.8 Å². The van der Waals surface area contributed by atoms with Gasteiger partial charge >= 0.3 is 0 Å². The van der Waals surface area contributed by atoms with Crippen LogP contribution >= 0.6 is 0 Å². The highest BCUT2D eigenvalue weighted by molar-refractivity contribution is 5.85. The summed E-state index contributed by atoms with van der Waals surface area (Å²) in [5.74, 6) is -1.35. The molecule has 1 heterocycles. The molecule has 1 aliphatic rings. The molecule has 7 heteroatoms. The van der Waals surface area contributed by atoms with E-state index in [1.165, 1.54) is 13.2 Å². The zero-order chi connectivity index (χ0) is 20.0. The normalized spacial score (nSPS) is 20.6. The van der Waals surface area contributed by atoms with E-state index < -0.39 is 23.2 Å². The van der Waals surface area contributed by atoms with Crippen LogP contribution in [0.2, 0.25) is 0 Å². The van der Waals surface area contributed by atoms with Gasteiger partial charge in [0.1, 0.15) is 5.82 Å². The lowest BCUT2D eigenvalue weighted by atomic mass is 9.83. The number of aliphatic hydroxyl groups is 1. The summed E-state index contributed by atoms with van der Waals surface area (Å²) >= 11 is 0. The van der Waals surface area contributed by atoms with Crippen molar-refractivity contribution in [1.82, 2.24) is 10.2 Å². The zero-order valence-corrected chi connectivity index (χ0v) is 16.2. The number of ether oxygens (including phenoxy) is 1. The highest BCUT2D eigenvalue weighted by Gasteiger charge is 2.41. The van der Waals surface area contributed by atoms with Gasteiger partial charge in [0.15, 0.2) is 0 Å². The average molecular weight is 380 g/mol. The minimum atomic E-state index is -0.681. The minimum absolute atomic E-state index is 0.0624. The lowest BCUT2D eigenvalue weighted by Crippen LogP contribution is -2.50. The Bertz CT molecular complexity index is 665. The Morgan fingerprint density at radius 3 is 2.74 bits per heavy atom. The lowest BCUT2D eigenvalue weighted by molar-refractivity contribution is -0.144. The molecular formula is C20H29FN2O4. The summed E-state index contributed by atoms with van der Waals surface area (Å²) in [7, 11) is 1.54. The molecule has 1 saturated heterocycles. The number of rotatable bonds is 8. The van der Waals surface area contributed by atoms with Gasteiger partial charge in [-0.2, -0.15) is 0 Å². The Hall–Kier alpha value is -1.99. The van der Waals surface area contributed by atoms with Crippen LogP contribution in [0.1, 0.15) is 38.3 Å². The number of piperidine rings is 1. The van der Waals surface area contributed by atoms with E-state index in [1.54, 1.807) is 23.1 Å². The van der Waals surface area contributed by atoms with E-state index in [0.717, 1.165) is 0 Å². The van der Waals surface area contributed by atoms with Gasteiger partial charge in [0.2, 0.25) is 11.8 Å². The molecular weight excluding hydrogens is 351 g/mol. The first-order valence-electron chi connectivity index (χ1n) is 9.22. The smallest absolute Gasteiger partial charge is 0.225 e. The summed E-state index contributed by atoms with van der Waals surface area (Å²) in [5.41, 5.74) is -0.119. The number of carbonyl (C=O) groups excluding carboxylic acids is 2. The molecule has 0 unspecified atom stereocenters. The van der Waals surface area contributed by atoms with E-state index in [2.05, 4.69) is 5.32 Å². The molecule has 0 bridgehead atoms. The topological polar surface area (TPSA) is 78.9 Å². The molecule has 1 aromatic carbocycles. The fourth-order valence-electron chi connectivity index (χ4n) is 3.29. The van der Waals surface area contributed by atoms with Gasteiger partial charge in [-0.1, -0.05) is 32.0 Å². The highest BCUT2D eigenvalue weighted by atomic mass is 19.1. The molecule has 2 atom stereocenters. The van der Waals surface area contributed by atoms with Crippen molar-refractivity contribution < 1.29 is 23.8 Å². The Kier molecular flexibility index (Phi) is 7.33. The number of amides is 2. The highest BCUT2D eigenvalue weighted by Crippen LogP contribution is 2.38. The molecule has 0 radical (unpaired) electrons. The molecule has 1 aliphatic heterocycles. The molecule has 0 aliphatic carbocycles. The fourth-order valence-corrected chi connectivity index (χ4v) is 3.29. The number of halogens is 1. The second-order valence-corrected chi connectivity index (χ2v) is 7.73. The molecule has 27 heavy (non-hydrogen) atoms. The maximum absolute atomic E-state index is 14.5. The molecule has 6 nitrogen and oxygen atoms in total. The van der Waals surface area contributed by atoms with Crippen LogP contribution in [0.5, 0.6) is 0 Å². The second-order valence-electron chi connectivity index (χ2n) is 7.73. The van der Waals surface area contributed by atoms with E-state index >= 15 is 0 Å². The third kappa shape index (κ3) is 5.26. The van der Waals surface area contributed by atoms with Crippen LogP contribution in [0.3, 0.4) is 0 Å². The Morgan fingerprint density at radius 2 is 2.11 bits per heavy atom. The number of methoxy groups -OCH3 is 1. The molecule has 1 aromatic rings. The summed E-state index contributed by atoms with van der Waals surface area (Å²) in [6, 6.07) is 5.57. The minimum Gasteiger partial charge on any atom is -0.396 e. The number of nitrogens with one attached hydrogen (secondary N) is 1. The molecule has 1 fully saturated rings. The van der Waals surface area contributed by atoms with Crippen LogP contribution in [-0.4, -0.2) is 55.2 Å². The van der Waals surface area contributed by atoms with Gasteiger partial charge in [0.05, 0.1) is 18.6 Å². The molecule has 150 valence electrons. The molecule has 2 rings (SSSR count). The van der Waals surface area contributed by atoms with E-state index in [0.29, 0.717) is 31.7 Å². The molecule has 2 amide bonds. The summed E-state index contributed by atoms with van der Waals surface area (Å²) in [6.45, 7) is 4.53. The van der Waals surface area contributed by atoms with Gasteiger partial charge in [-0.15, -0.1) is 0 Å². The lowest BCUT2D eigenvalue weighted by Gasteiger charge is -2.41. The van der Waals surface area contributed by atoms with Crippen molar-refractivity contribution in [2.75, 3.05) is 33.4 Å². The fraction of sp³-hybridized carbons (Fsp3) is 0.600. The van der Waals surface area contributed by atoms with Crippen molar-refractivity contribution in [1.29, 1.82) is 0 Å². The molecule has 2 N–H and O–H groups in total. The summed E-state index contributed by atoms with van der Waals surface area (Å²) in [4.78, 5) is 27.0. The van der Waals surface area contributed by atoms with Crippen LogP contribution in [0.25, 0.3) is 0 Å². The number of hydrogen-bond acceptors (Lipinski definition) is 4. The van der Waals surface area contributed by atoms with Crippen molar-refractivity contribution in [2.45, 2.75) is 32.7 Å². The van der Waals surface area contributed by atoms with E-state index in [4.69, 9.17) is 4.74 Å². The summed E-state index contributed by atoms with van der Waals surface area (Å²) in [5, 5.41) is 12.3. The quantitative estimate of drug-likeness (QED) is 0.722. The first-order chi connectivity index (χ1) is 12.8. The largest absolute Gasteiger partial charge is 0.396 e. The van der Waals surface area contributed by atoms with Crippen LogP contribution in [0.15, 0.2) is 24.3 Å². The van der Waals surface area contributed by atoms with Crippen molar-refractivity contribution in [2.24, 2.45) is 11.3 Å². The number of hydrogen-bond donors (Lipinski definition) is 2. The van der Waals surface area contributed by atoms with Gasteiger partial charge in [-0.3, -0.25) is 9.59 Å². The summed E-state index contributed by atoms with van der Waals surface area (Å²) < 4.78 is 19.6. The zero-order valence-electron chi connectivity index (χ0n) is 16.2. The van der Waals surface area contributed by atoms with Gasteiger partial charge in [0, 0.05) is 44.2 Å². The number of carbonyl (C=O) groups is 2. The Morgan fingerprint density at radius 1 is 1.41 bits per heavy atom. The maximum Gasteiger partial charge on any atom is 0.225 e. The van der Waals surface area contributed by atoms with Gasteiger partial charge in [0.25, 0.3) is 0 Å². The van der Waals surface area contributed by atoms with Crippen LogP contribution < -0.4 is 5.32 Å². The number of benzene rings is 1. The second kappa shape index (κ2) is 9.28. The van der Waals surface area contributed by atoms with Gasteiger partial charge < -0.3 is 20.1 Å². The maximum atomic E-state index is 14.5. The van der Waals surface area contributed by atoms with E-state index in [9.17, 15) is 19.1 Å². The molecule has 0 aromatic heterocycles. The SMILES string of the molecule is COCCN1C(=O)CC[C@@H](C(=O)NCC(C)(C)CO)[C@@H]1c1ccccc1F. The van der Waals surface area contributed by atoms with Crippen molar-refractivity contribution in [3.05, 3.63) is 35.6 Å². The average Bonchev–Trinajstić information content (AvgIpc) is 2.65. The molecule has 0 spiro atoms. The first kappa shape index (κ1) is 21.3. The summed E-state index contributed by atoms with van der Waals surface area (Å²) in [6.07, 6.45) is 0.586. The van der Waals surface area contributed by atoms with Crippen LogP contribution in [-0.2, 0) is 14.3 Å². The monoisotopic (exact) mass is 380 g/mol. The Labute approximate surface area is 159 Å². The predicted molar refractivity (Wildman–Crippen MR) is 99.3 cm³/mol. The Balaban J connectivity index is 2.31. The van der Waals surface area contributed by atoms with Crippen LogP contribution in [0, 0.1) is 17.2 Å². The van der Waals surface area contributed by atoms with Crippen molar-refractivity contribution in [3.8, 4) is 0 Å². The predicted octanol–water partition coefficient (Wildman–Crippen LogP) is 1.89. The van der Waals surface area contributed by atoms with E-state index in [1.807, 2.05) is 13.8 Å². The third-order valence-corrected chi connectivity index (χ3v) is 4.97. The number of aliphatic hydroxyl groups excluding tert-OH is 1. The third-order valence-electron chi connectivity index (χ3n) is 4.97. The standard InChI is InChI=1S/C20H29FN2O4/c1-20(2,13-24)12-22-19(26)15-8-9-17(25)23(10-11-27-3)18(15)14-6-4-5-7-16(14)21/h4-7,15,18,24H,8-13H2,1-3H3,(H,22,26)/t15-,18+/m1/s1. The number of nitrogens with zero attached hydrogens (tertiary/aromatic N) is 1.